The second kappa shape index (κ2) is 7.52. The molecule has 1 aromatic carbocycles. The summed E-state index contributed by atoms with van der Waals surface area (Å²) in [4.78, 5) is 21.2. The van der Waals surface area contributed by atoms with Crippen molar-refractivity contribution in [2.45, 2.75) is 18.9 Å². The Morgan fingerprint density at radius 2 is 2.25 bits per heavy atom. The molecule has 1 aromatic heterocycles. The van der Waals surface area contributed by atoms with Gasteiger partial charge in [-0.1, -0.05) is 17.8 Å². The molecule has 3 heterocycles. The van der Waals surface area contributed by atoms with Crippen LogP contribution in [0.5, 0.6) is 0 Å². The van der Waals surface area contributed by atoms with Gasteiger partial charge in [0.15, 0.2) is 5.17 Å². The number of nitrogens with one attached hydrogen (secondary N) is 1. The Morgan fingerprint density at radius 3 is 3.04 bits per heavy atom. The zero-order valence-corrected chi connectivity index (χ0v) is 16.3. The molecule has 0 saturated carbocycles. The second-order valence-electron chi connectivity index (χ2n) is 7.09. The predicted octanol–water partition coefficient (Wildman–Crippen LogP) is 3.07. The molecular formula is C20H21FN4O2S. The number of pyridine rings is 1. The van der Waals surface area contributed by atoms with Gasteiger partial charge in [0.25, 0.3) is 5.91 Å². The zero-order chi connectivity index (χ0) is 19.7. The highest BCUT2D eigenvalue weighted by Gasteiger charge is 2.47. The highest BCUT2D eigenvalue weighted by molar-refractivity contribution is 8.13. The number of anilines is 1. The van der Waals surface area contributed by atoms with Gasteiger partial charge in [0.05, 0.1) is 6.61 Å². The minimum Gasteiger partial charge on any atom is -0.379 e. The van der Waals surface area contributed by atoms with E-state index in [1.165, 1.54) is 23.9 Å². The van der Waals surface area contributed by atoms with E-state index in [-0.39, 0.29) is 24.2 Å². The van der Waals surface area contributed by atoms with Crippen LogP contribution in [0.4, 0.5) is 10.1 Å². The maximum Gasteiger partial charge on any atom is 0.274 e. The number of hydrogen-bond donors (Lipinski definition) is 2. The van der Waals surface area contributed by atoms with Crippen LogP contribution >= 0.6 is 11.8 Å². The maximum atomic E-state index is 14.9. The molecule has 1 amide bonds. The first kappa shape index (κ1) is 18.9. The molecular weight excluding hydrogens is 379 g/mol. The van der Waals surface area contributed by atoms with Gasteiger partial charge in [-0.25, -0.2) is 9.38 Å². The minimum absolute atomic E-state index is 0.123. The van der Waals surface area contributed by atoms with Gasteiger partial charge in [-0.15, -0.1) is 0 Å². The van der Waals surface area contributed by atoms with Crippen LogP contribution in [-0.2, 0) is 10.3 Å². The molecule has 146 valence electrons. The quantitative estimate of drug-likeness (QED) is 0.826. The van der Waals surface area contributed by atoms with Gasteiger partial charge in [-0.3, -0.25) is 9.78 Å². The lowest BCUT2D eigenvalue weighted by Gasteiger charge is -2.43. The van der Waals surface area contributed by atoms with Crippen molar-refractivity contribution in [3.8, 4) is 0 Å². The fraction of sp³-hybridized carbons (Fsp3) is 0.350. The third-order valence-corrected chi connectivity index (χ3v) is 6.14. The summed E-state index contributed by atoms with van der Waals surface area (Å²) in [6, 6.07) is 7.99. The molecule has 0 spiro atoms. The van der Waals surface area contributed by atoms with Gasteiger partial charge in [0.2, 0.25) is 0 Å². The normalized spacial score (nSPS) is 24.2. The molecule has 0 unspecified atom stereocenters. The number of carbonyl (C=O) groups is 1. The number of benzene rings is 1. The van der Waals surface area contributed by atoms with Crippen LogP contribution < -0.4 is 11.1 Å². The van der Waals surface area contributed by atoms with Crippen molar-refractivity contribution in [3.05, 3.63) is 59.2 Å². The maximum absolute atomic E-state index is 14.9. The van der Waals surface area contributed by atoms with Gasteiger partial charge in [-0.2, -0.15) is 0 Å². The number of aryl methyl sites for hydroxylation is 1. The number of aliphatic imine (C=N–C) groups is 1. The third kappa shape index (κ3) is 3.49. The number of aromatic nitrogens is 1. The standard InChI is InChI=1S/C20H21FN4O2S/c1-12-2-5-17(23-9-12)18(26)24-14-3-4-16(21)15(8-14)20-11-27-7-6-13(20)10-28-19(22)25-20/h2-5,8-9,13H,6-7,10-11H2,1H3,(H2,22,25)(H,24,26)/t13-,20-/m0/s1. The smallest absolute Gasteiger partial charge is 0.274 e. The van der Waals surface area contributed by atoms with Crippen molar-refractivity contribution in [3.63, 3.8) is 0 Å². The first-order chi connectivity index (χ1) is 13.5. The fourth-order valence-electron chi connectivity index (χ4n) is 3.66. The topological polar surface area (TPSA) is 89.6 Å². The molecule has 1 saturated heterocycles. The average Bonchev–Trinajstić information content (AvgIpc) is 2.69. The Labute approximate surface area is 166 Å². The van der Waals surface area contributed by atoms with Gasteiger partial charge in [0.1, 0.15) is 17.1 Å². The van der Waals surface area contributed by atoms with Crippen LogP contribution in [0, 0.1) is 18.7 Å². The summed E-state index contributed by atoms with van der Waals surface area (Å²) in [5.41, 5.74) is 7.26. The molecule has 3 N–H and O–H groups in total. The van der Waals surface area contributed by atoms with E-state index in [0.717, 1.165) is 17.7 Å². The summed E-state index contributed by atoms with van der Waals surface area (Å²) in [6.45, 7) is 2.80. The molecule has 1 fully saturated rings. The Balaban J connectivity index is 1.68. The molecule has 2 aromatic rings. The van der Waals surface area contributed by atoms with E-state index in [2.05, 4.69) is 15.3 Å². The molecule has 0 radical (unpaired) electrons. The van der Waals surface area contributed by atoms with Crippen LogP contribution in [0.15, 0.2) is 41.5 Å². The molecule has 4 rings (SSSR count). The third-order valence-electron chi connectivity index (χ3n) is 5.18. The summed E-state index contributed by atoms with van der Waals surface area (Å²) in [7, 11) is 0. The number of thioether (sulfide) groups is 1. The first-order valence-electron chi connectivity index (χ1n) is 9.08. The van der Waals surface area contributed by atoms with E-state index in [1.807, 2.05) is 13.0 Å². The number of nitrogens with zero attached hydrogens (tertiary/aromatic N) is 2. The summed E-state index contributed by atoms with van der Waals surface area (Å²) < 4.78 is 20.5. The van der Waals surface area contributed by atoms with Crippen LogP contribution in [0.2, 0.25) is 0 Å². The summed E-state index contributed by atoms with van der Waals surface area (Å²) in [5.74, 6) is 0.152. The highest BCUT2D eigenvalue weighted by atomic mass is 32.2. The molecule has 2 aliphatic rings. The van der Waals surface area contributed by atoms with E-state index in [0.29, 0.717) is 28.7 Å². The predicted molar refractivity (Wildman–Crippen MR) is 108 cm³/mol. The molecule has 2 atom stereocenters. The van der Waals surface area contributed by atoms with E-state index >= 15 is 0 Å². The van der Waals surface area contributed by atoms with Crippen molar-refractivity contribution in [1.82, 2.24) is 4.98 Å². The van der Waals surface area contributed by atoms with E-state index < -0.39 is 5.54 Å². The van der Waals surface area contributed by atoms with Gasteiger partial charge in [-0.05, 0) is 43.2 Å². The van der Waals surface area contributed by atoms with Crippen LogP contribution in [0.3, 0.4) is 0 Å². The van der Waals surface area contributed by atoms with Crippen LogP contribution in [-0.4, -0.2) is 35.0 Å². The van der Waals surface area contributed by atoms with Gasteiger partial charge >= 0.3 is 0 Å². The summed E-state index contributed by atoms with van der Waals surface area (Å²) >= 11 is 1.49. The van der Waals surface area contributed by atoms with Crippen molar-refractivity contribution >= 4 is 28.5 Å². The van der Waals surface area contributed by atoms with Crippen molar-refractivity contribution < 1.29 is 13.9 Å². The second-order valence-corrected chi connectivity index (χ2v) is 8.13. The number of halogens is 1. The molecule has 8 heteroatoms. The highest BCUT2D eigenvalue weighted by Crippen LogP contribution is 2.45. The number of amidine groups is 1. The minimum atomic E-state index is -0.861. The first-order valence-corrected chi connectivity index (χ1v) is 10.1. The molecule has 0 aliphatic carbocycles. The fourth-order valence-corrected chi connectivity index (χ4v) is 4.70. The molecule has 6 nitrogen and oxygen atoms in total. The number of amides is 1. The van der Waals surface area contributed by atoms with E-state index in [9.17, 15) is 9.18 Å². The van der Waals surface area contributed by atoms with Gasteiger partial charge < -0.3 is 15.8 Å². The molecule has 0 bridgehead atoms. The number of nitrogens with two attached hydrogens (primary N) is 1. The SMILES string of the molecule is Cc1ccc(C(=O)Nc2ccc(F)c([C@]34COCC[C@H]3CSC(N)=N4)c2)nc1. The van der Waals surface area contributed by atoms with Crippen LogP contribution in [0.1, 0.15) is 28.0 Å². The monoisotopic (exact) mass is 400 g/mol. The lowest BCUT2D eigenvalue weighted by atomic mass is 9.76. The average molecular weight is 400 g/mol. The van der Waals surface area contributed by atoms with E-state index in [1.54, 1.807) is 18.3 Å². The number of hydrogen-bond acceptors (Lipinski definition) is 6. The van der Waals surface area contributed by atoms with Gasteiger partial charge in [0, 0.05) is 35.7 Å². The summed E-state index contributed by atoms with van der Waals surface area (Å²) in [6.07, 6.45) is 2.41. The number of rotatable bonds is 3. The Kier molecular flexibility index (Phi) is 5.07. The lowest BCUT2D eigenvalue weighted by Crippen LogP contribution is -2.48. The zero-order valence-electron chi connectivity index (χ0n) is 15.4. The number of ether oxygens (including phenoxy) is 1. The Bertz CT molecular complexity index is 934. The molecule has 2 aliphatic heterocycles. The number of carbonyl (C=O) groups excluding carboxylic acids is 1. The van der Waals surface area contributed by atoms with Crippen molar-refractivity contribution in [2.75, 3.05) is 24.3 Å². The summed E-state index contributed by atoms with van der Waals surface area (Å²) in [5, 5.41) is 3.22. The lowest BCUT2D eigenvalue weighted by molar-refractivity contribution is 0.00304. The van der Waals surface area contributed by atoms with Crippen LogP contribution in [0.25, 0.3) is 0 Å². The van der Waals surface area contributed by atoms with Crippen molar-refractivity contribution in [1.29, 1.82) is 0 Å². The van der Waals surface area contributed by atoms with Crippen molar-refractivity contribution in [2.24, 2.45) is 16.6 Å². The Morgan fingerprint density at radius 1 is 1.39 bits per heavy atom. The number of fused-ring (bicyclic) bond motifs is 1. The molecule has 28 heavy (non-hydrogen) atoms. The van der Waals surface area contributed by atoms with E-state index in [4.69, 9.17) is 10.5 Å². The Hall–Kier alpha value is -2.45. The largest absolute Gasteiger partial charge is 0.379 e.